The maximum Gasteiger partial charge on any atom is 0.226 e. The molecule has 0 fully saturated rings. The summed E-state index contributed by atoms with van der Waals surface area (Å²) in [5.74, 6) is 1.53. The molecule has 0 amide bonds. The van der Waals surface area contributed by atoms with Gasteiger partial charge in [0.25, 0.3) is 0 Å². The summed E-state index contributed by atoms with van der Waals surface area (Å²) in [7, 11) is 1.67. The Bertz CT molecular complexity index is 547. The summed E-state index contributed by atoms with van der Waals surface area (Å²) in [4.78, 5) is 10.0. The van der Waals surface area contributed by atoms with E-state index in [4.69, 9.17) is 9.47 Å². The highest BCUT2D eigenvalue weighted by atomic mass is 32.1. The maximum atomic E-state index is 5.44. The second-order valence-corrected chi connectivity index (χ2v) is 5.39. The average Bonchev–Trinajstić information content (AvgIpc) is 2.97. The molecule has 0 saturated heterocycles. The summed E-state index contributed by atoms with van der Waals surface area (Å²) in [6, 6.07) is 2.04. The number of hydrogen-bond donors (Lipinski definition) is 2. The molecule has 21 heavy (non-hydrogen) atoms. The molecule has 7 heteroatoms. The van der Waals surface area contributed by atoms with Crippen LogP contribution in [0.3, 0.4) is 0 Å². The van der Waals surface area contributed by atoms with Crippen molar-refractivity contribution in [1.29, 1.82) is 0 Å². The van der Waals surface area contributed by atoms with Gasteiger partial charge in [0, 0.05) is 20.2 Å². The first-order chi connectivity index (χ1) is 10.3. The Hall–Kier alpha value is -1.44. The third-order valence-electron chi connectivity index (χ3n) is 2.83. The van der Waals surface area contributed by atoms with Gasteiger partial charge in [0.15, 0.2) is 0 Å². The molecular weight excluding hydrogens is 288 g/mol. The molecule has 0 atom stereocenters. The number of methoxy groups -OCH3 is 1. The number of anilines is 2. The Morgan fingerprint density at radius 2 is 2.05 bits per heavy atom. The highest BCUT2D eigenvalue weighted by molar-refractivity contribution is 7.16. The van der Waals surface area contributed by atoms with Gasteiger partial charge >= 0.3 is 0 Å². The Morgan fingerprint density at radius 1 is 1.14 bits per heavy atom. The number of ether oxygens (including phenoxy) is 2. The van der Waals surface area contributed by atoms with Gasteiger partial charge in [-0.2, -0.15) is 4.98 Å². The van der Waals surface area contributed by atoms with E-state index in [0.29, 0.717) is 32.3 Å². The minimum absolute atomic E-state index is 0.610. The Labute approximate surface area is 128 Å². The maximum absolute atomic E-state index is 5.44. The molecule has 0 radical (unpaired) electrons. The topological polar surface area (TPSA) is 68.3 Å². The van der Waals surface area contributed by atoms with E-state index in [2.05, 4.69) is 27.5 Å². The lowest BCUT2D eigenvalue weighted by Crippen LogP contribution is -2.14. The molecule has 2 heterocycles. The van der Waals surface area contributed by atoms with Crippen LogP contribution in [0.1, 0.15) is 13.3 Å². The van der Waals surface area contributed by atoms with Crippen molar-refractivity contribution in [2.24, 2.45) is 0 Å². The number of rotatable bonds is 10. The molecule has 2 aromatic rings. The molecule has 6 nitrogen and oxygen atoms in total. The van der Waals surface area contributed by atoms with E-state index in [1.165, 1.54) is 0 Å². The molecule has 0 spiro atoms. The van der Waals surface area contributed by atoms with Crippen LogP contribution < -0.4 is 10.6 Å². The number of fused-ring (bicyclic) bond motifs is 1. The zero-order valence-electron chi connectivity index (χ0n) is 12.5. The molecule has 0 aliphatic rings. The lowest BCUT2D eigenvalue weighted by molar-refractivity contribution is 0.0759. The predicted molar refractivity (Wildman–Crippen MR) is 87.4 cm³/mol. The highest BCUT2D eigenvalue weighted by Crippen LogP contribution is 2.26. The van der Waals surface area contributed by atoms with Crippen LogP contribution in [0.4, 0.5) is 11.8 Å². The molecule has 0 aliphatic heterocycles. The Balaban J connectivity index is 1.95. The Morgan fingerprint density at radius 3 is 2.86 bits per heavy atom. The zero-order valence-corrected chi connectivity index (χ0v) is 13.3. The van der Waals surface area contributed by atoms with Crippen molar-refractivity contribution in [2.45, 2.75) is 13.3 Å². The second-order valence-electron chi connectivity index (χ2n) is 4.49. The largest absolute Gasteiger partial charge is 0.382 e. The van der Waals surface area contributed by atoms with Gasteiger partial charge < -0.3 is 20.1 Å². The third kappa shape index (κ3) is 4.80. The summed E-state index contributed by atoms with van der Waals surface area (Å²) in [6.07, 6.45) is 1.04. The minimum Gasteiger partial charge on any atom is -0.382 e. The first-order valence-corrected chi connectivity index (χ1v) is 8.02. The van der Waals surface area contributed by atoms with Crippen molar-refractivity contribution in [3.63, 3.8) is 0 Å². The van der Waals surface area contributed by atoms with E-state index in [1.807, 2.05) is 11.4 Å². The lowest BCUT2D eigenvalue weighted by atomic mass is 10.4. The molecule has 0 aromatic carbocycles. The standard InChI is InChI=1S/C14H22N4O2S/c1-3-5-16-14-17-12(11-4-10-21-13(11)18-14)15-6-7-20-9-8-19-2/h4,10H,3,5-9H2,1-2H3,(H2,15,16,17,18). The lowest BCUT2D eigenvalue weighted by Gasteiger charge is -2.10. The normalized spacial score (nSPS) is 11.0. The fourth-order valence-electron chi connectivity index (χ4n) is 1.79. The molecule has 2 rings (SSSR count). The van der Waals surface area contributed by atoms with Crippen molar-refractivity contribution in [1.82, 2.24) is 9.97 Å². The van der Waals surface area contributed by atoms with Crippen LogP contribution in [-0.4, -0.2) is 50.0 Å². The van der Waals surface area contributed by atoms with Crippen molar-refractivity contribution in [3.8, 4) is 0 Å². The zero-order chi connectivity index (χ0) is 14.9. The number of nitrogens with one attached hydrogen (secondary N) is 2. The van der Waals surface area contributed by atoms with Gasteiger partial charge in [-0.1, -0.05) is 6.92 Å². The molecule has 0 saturated carbocycles. The predicted octanol–water partition coefficient (Wildman–Crippen LogP) is 2.59. The fraction of sp³-hybridized carbons (Fsp3) is 0.571. The van der Waals surface area contributed by atoms with Gasteiger partial charge in [-0.05, 0) is 17.9 Å². The van der Waals surface area contributed by atoms with Crippen LogP contribution in [0.25, 0.3) is 10.2 Å². The van der Waals surface area contributed by atoms with Crippen molar-refractivity contribution < 1.29 is 9.47 Å². The van der Waals surface area contributed by atoms with Crippen LogP contribution in [-0.2, 0) is 9.47 Å². The van der Waals surface area contributed by atoms with Gasteiger partial charge in [0.05, 0.1) is 25.2 Å². The minimum atomic E-state index is 0.610. The van der Waals surface area contributed by atoms with E-state index < -0.39 is 0 Å². The van der Waals surface area contributed by atoms with Crippen LogP contribution in [0.15, 0.2) is 11.4 Å². The summed E-state index contributed by atoms with van der Waals surface area (Å²) in [5.41, 5.74) is 0. The molecule has 2 N–H and O–H groups in total. The first kappa shape index (κ1) is 15.9. The molecular formula is C14H22N4O2S. The Kier molecular flexibility index (Phi) is 6.65. The van der Waals surface area contributed by atoms with Crippen molar-refractivity contribution >= 4 is 33.3 Å². The third-order valence-corrected chi connectivity index (χ3v) is 3.64. The summed E-state index contributed by atoms with van der Waals surface area (Å²) >= 11 is 1.62. The SMILES string of the molecule is CCCNc1nc(NCCOCCOC)c2ccsc2n1. The van der Waals surface area contributed by atoms with Gasteiger partial charge in [-0.15, -0.1) is 11.3 Å². The summed E-state index contributed by atoms with van der Waals surface area (Å²) < 4.78 is 10.4. The quantitative estimate of drug-likeness (QED) is 0.657. The molecule has 0 bridgehead atoms. The van der Waals surface area contributed by atoms with Gasteiger partial charge in [0.2, 0.25) is 5.95 Å². The first-order valence-electron chi connectivity index (χ1n) is 7.14. The molecule has 0 unspecified atom stereocenters. The van der Waals surface area contributed by atoms with E-state index in [1.54, 1.807) is 18.4 Å². The van der Waals surface area contributed by atoms with Crippen molar-refractivity contribution in [2.75, 3.05) is 50.7 Å². The smallest absolute Gasteiger partial charge is 0.226 e. The van der Waals surface area contributed by atoms with Gasteiger partial charge in [-0.25, -0.2) is 4.98 Å². The van der Waals surface area contributed by atoms with Crippen LogP contribution in [0, 0.1) is 0 Å². The van der Waals surface area contributed by atoms with Crippen LogP contribution >= 0.6 is 11.3 Å². The second kappa shape index (κ2) is 8.76. The average molecular weight is 310 g/mol. The highest BCUT2D eigenvalue weighted by Gasteiger charge is 2.08. The number of aromatic nitrogens is 2. The number of thiophene rings is 1. The summed E-state index contributed by atoms with van der Waals surface area (Å²) in [5, 5.41) is 9.63. The molecule has 116 valence electrons. The molecule has 2 aromatic heterocycles. The van der Waals surface area contributed by atoms with E-state index in [0.717, 1.165) is 29.0 Å². The van der Waals surface area contributed by atoms with Gasteiger partial charge in [0.1, 0.15) is 10.6 Å². The van der Waals surface area contributed by atoms with Crippen LogP contribution in [0.5, 0.6) is 0 Å². The van der Waals surface area contributed by atoms with Crippen molar-refractivity contribution in [3.05, 3.63) is 11.4 Å². The summed E-state index contributed by atoms with van der Waals surface area (Å²) in [6.45, 7) is 5.55. The number of hydrogen-bond acceptors (Lipinski definition) is 7. The molecule has 0 aliphatic carbocycles. The van der Waals surface area contributed by atoms with E-state index in [9.17, 15) is 0 Å². The van der Waals surface area contributed by atoms with E-state index >= 15 is 0 Å². The number of nitrogens with zero attached hydrogens (tertiary/aromatic N) is 2. The monoisotopic (exact) mass is 310 g/mol. The van der Waals surface area contributed by atoms with E-state index in [-0.39, 0.29) is 0 Å². The fourth-order valence-corrected chi connectivity index (χ4v) is 2.56. The van der Waals surface area contributed by atoms with Gasteiger partial charge in [-0.3, -0.25) is 0 Å². The van der Waals surface area contributed by atoms with Crippen LogP contribution in [0.2, 0.25) is 0 Å².